The van der Waals surface area contributed by atoms with E-state index in [2.05, 4.69) is 36.5 Å². The third kappa shape index (κ3) is 3.63. The van der Waals surface area contributed by atoms with Crippen LogP contribution in [0.1, 0.15) is 58.3 Å². The normalized spacial score (nSPS) is 13.1. The van der Waals surface area contributed by atoms with Crippen LogP contribution in [0.25, 0.3) is 11.9 Å². The lowest BCUT2D eigenvalue weighted by Gasteiger charge is -2.02. The summed E-state index contributed by atoms with van der Waals surface area (Å²) in [6, 6.07) is 8.54. The topological polar surface area (TPSA) is 14.1 Å². The second-order valence-corrected chi connectivity index (χ2v) is 5.16. The maximum absolute atomic E-state index is 4.54. The Morgan fingerprint density at radius 2 is 1.61 bits per heavy atom. The highest BCUT2D eigenvalue weighted by molar-refractivity contribution is 5.54. The summed E-state index contributed by atoms with van der Waals surface area (Å²) in [4.78, 5) is 0. The summed E-state index contributed by atoms with van der Waals surface area (Å²) in [7, 11) is 0. The number of nitrogens with zero attached hydrogens (tertiary/aromatic N) is 1. The van der Waals surface area contributed by atoms with Crippen molar-refractivity contribution in [3.05, 3.63) is 34.7 Å². The number of benzene rings is 1. The molecule has 0 amide bonds. The summed E-state index contributed by atoms with van der Waals surface area (Å²) >= 11 is 0. The monoisotopic (exact) mass is 242 g/mol. The average Bonchev–Trinajstić information content (AvgIpc) is 2.81. The molecular weight excluding hydrogens is 218 g/mol. The first-order valence-electron chi connectivity index (χ1n) is 7.41. The van der Waals surface area contributed by atoms with Crippen molar-refractivity contribution in [3.63, 3.8) is 0 Å². The zero-order valence-corrected chi connectivity index (χ0v) is 11.5. The molecule has 18 heavy (non-hydrogen) atoms. The fourth-order valence-corrected chi connectivity index (χ4v) is 2.54. The maximum atomic E-state index is 4.54. The first-order chi connectivity index (χ1) is 8.92. The van der Waals surface area contributed by atoms with Gasteiger partial charge in [0.2, 0.25) is 0 Å². The van der Waals surface area contributed by atoms with Gasteiger partial charge in [0.15, 0.2) is 0 Å². The van der Waals surface area contributed by atoms with Crippen LogP contribution in [0.4, 0.5) is 0 Å². The first kappa shape index (κ1) is 13.2. The zero-order valence-electron chi connectivity index (χ0n) is 11.5. The predicted octanol–water partition coefficient (Wildman–Crippen LogP) is 3.29. The van der Waals surface area contributed by atoms with E-state index in [1.54, 1.807) is 0 Å². The molecule has 0 unspecified atom stereocenters. The molecule has 0 saturated heterocycles. The van der Waals surface area contributed by atoms with Crippen molar-refractivity contribution in [1.82, 2.24) is 5.32 Å². The van der Waals surface area contributed by atoms with Gasteiger partial charge in [0.1, 0.15) is 0 Å². The Balaban J connectivity index is 1.71. The second kappa shape index (κ2) is 7.25. The van der Waals surface area contributed by atoms with Gasteiger partial charge in [0, 0.05) is 22.3 Å². The van der Waals surface area contributed by atoms with Gasteiger partial charge in [-0.2, -0.15) is 0 Å². The van der Waals surface area contributed by atoms with Gasteiger partial charge in [-0.05, 0) is 12.8 Å². The highest BCUT2D eigenvalue weighted by atomic mass is 14.9. The zero-order chi connectivity index (χ0) is 12.6. The van der Waals surface area contributed by atoms with Crippen molar-refractivity contribution < 1.29 is 0 Å². The lowest BCUT2D eigenvalue weighted by Crippen LogP contribution is -2.21. The minimum absolute atomic E-state index is 1.14. The number of hydrogen-bond acceptors (Lipinski definition) is 0. The van der Waals surface area contributed by atoms with E-state index in [0.29, 0.717) is 0 Å². The van der Waals surface area contributed by atoms with Crippen LogP contribution in [0.5, 0.6) is 0 Å². The van der Waals surface area contributed by atoms with E-state index in [1.165, 1.54) is 61.1 Å². The van der Waals surface area contributed by atoms with E-state index in [-0.39, 0.29) is 0 Å². The molecule has 0 spiro atoms. The summed E-state index contributed by atoms with van der Waals surface area (Å²) in [5.74, 6) is 0. The molecule has 0 saturated carbocycles. The second-order valence-electron chi connectivity index (χ2n) is 5.16. The molecule has 0 atom stereocenters. The fraction of sp³-hybridized carbons (Fsp3) is 0.529. The molecule has 1 heteroatoms. The maximum Gasteiger partial charge on any atom is 0.0482 e. The average molecular weight is 242 g/mol. The van der Waals surface area contributed by atoms with Crippen LogP contribution in [0.2, 0.25) is 0 Å². The van der Waals surface area contributed by atoms with E-state index >= 15 is 0 Å². The number of rotatable bonds is 8. The molecule has 0 aromatic heterocycles. The quantitative estimate of drug-likeness (QED) is 0.621. The smallest absolute Gasteiger partial charge is 0.0482 e. The van der Waals surface area contributed by atoms with Crippen molar-refractivity contribution in [2.24, 2.45) is 0 Å². The Labute approximate surface area is 111 Å². The summed E-state index contributed by atoms with van der Waals surface area (Å²) in [6.07, 6.45) is 12.7. The van der Waals surface area contributed by atoms with Gasteiger partial charge in [-0.15, -0.1) is 0 Å². The van der Waals surface area contributed by atoms with Gasteiger partial charge < -0.3 is 0 Å². The molecule has 0 fully saturated rings. The van der Waals surface area contributed by atoms with Gasteiger partial charge >= 0.3 is 0 Å². The fourth-order valence-electron chi connectivity index (χ4n) is 2.54. The summed E-state index contributed by atoms with van der Waals surface area (Å²) < 4.78 is 0. The minimum atomic E-state index is 1.14. The Morgan fingerprint density at radius 1 is 0.889 bits per heavy atom. The minimum Gasteiger partial charge on any atom is -0.260 e. The van der Waals surface area contributed by atoms with E-state index in [0.717, 1.165) is 6.42 Å². The van der Waals surface area contributed by atoms with Crippen LogP contribution >= 0.6 is 0 Å². The molecule has 1 nitrogen and oxygen atoms in total. The van der Waals surface area contributed by atoms with Crippen molar-refractivity contribution >= 4 is 11.9 Å². The van der Waals surface area contributed by atoms with Gasteiger partial charge in [-0.25, -0.2) is 0 Å². The molecular formula is C17H24N. The first-order valence-corrected chi connectivity index (χ1v) is 7.41. The molecule has 0 aliphatic carbocycles. The van der Waals surface area contributed by atoms with Crippen molar-refractivity contribution in [3.8, 4) is 0 Å². The molecule has 1 radical (unpaired) electrons. The molecule has 1 aromatic carbocycles. The Morgan fingerprint density at radius 3 is 2.44 bits per heavy atom. The summed E-state index contributed by atoms with van der Waals surface area (Å²) in [5.41, 5.74) is 1.29. The van der Waals surface area contributed by atoms with Crippen molar-refractivity contribution in [2.45, 2.75) is 58.3 Å². The van der Waals surface area contributed by atoms with E-state index < -0.39 is 0 Å². The third-order valence-corrected chi connectivity index (χ3v) is 3.65. The molecule has 2 rings (SSSR count). The predicted molar refractivity (Wildman–Crippen MR) is 78.3 cm³/mol. The molecule has 1 aliphatic rings. The summed E-state index contributed by atoms with van der Waals surface area (Å²) in [6.45, 7) is 2.27. The third-order valence-electron chi connectivity index (χ3n) is 3.65. The lowest BCUT2D eigenvalue weighted by molar-refractivity contribution is 0.592. The van der Waals surface area contributed by atoms with Crippen LogP contribution in [-0.2, 0) is 0 Å². The van der Waals surface area contributed by atoms with Crippen LogP contribution in [0.15, 0.2) is 24.3 Å². The highest BCUT2D eigenvalue weighted by Gasteiger charge is 2.05. The molecule has 0 N–H and O–H groups in total. The largest absolute Gasteiger partial charge is 0.260 e. The SMILES string of the molecule is CCCCCCCCCC1=c2ccccc2=C[N]1. The van der Waals surface area contributed by atoms with Gasteiger partial charge in [-0.1, -0.05) is 69.7 Å². The molecule has 1 aromatic rings. The van der Waals surface area contributed by atoms with Crippen molar-refractivity contribution in [1.29, 1.82) is 0 Å². The molecule has 1 heterocycles. The van der Waals surface area contributed by atoms with Crippen LogP contribution < -0.4 is 15.8 Å². The molecule has 0 bridgehead atoms. The van der Waals surface area contributed by atoms with Gasteiger partial charge in [0.05, 0.1) is 0 Å². The molecule has 1 aliphatic heterocycles. The highest BCUT2D eigenvalue weighted by Crippen LogP contribution is 2.12. The van der Waals surface area contributed by atoms with E-state index in [1.807, 2.05) is 6.20 Å². The van der Waals surface area contributed by atoms with E-state index in [9.17, 15) is 0 Å². The molecule has 97 valence electrons. The van der Waals surface area contributed by atoms with Gasteiger partial charge in [0.25, 0.3) is 0 Å². The standard InChI is InChI=1S/C17H24N/c1-2-3-4-5-6-7-8-13-17-16-12-10-9-11-15(16)14-18-17/h9-12,14H,2-8,13H2,1H3. The number of hydrogen-bond donors (Lipinski definition) is 0. The van der Waals surface area contributed by atoms with E-state index in [4.69, 9.17) is 0 Å². The van der Waals surface area contributed by atoms with Crippen LogP contribution in [-0.4, -0.2) is 0 Å². The van der Waals surface area contributed by atoms with Crippen LogP contribution in [0.3, 0.4) is 0 Å². The van der Waals surface area contributed by atoms with Gasteiger partial charge in [-0.3, -0.25) is 5.32 Å². The summed E-state index contributed by atoms with van der Waals surface area (Å²) in [5, 5.41) is 7.18. The van der Waals surface area contributed by atoms with Crippen molar-refractivity contribution in [2.75, 3.05) is 0 Å². The Kier molecular flexibility index (Phi) is 5.32. The number of fused-ring (bicyclic) bond motifs is 1. The van der Waals surface area contributed by atoms with Crippen LogP contribution in [0, 0.1) is 0 Å². The Bertz CT molecular complexity index is 473. The Hall–Kier alpha value is -1.24. The number of unbranched alkanes of at least 4 members (excludes halogenated alkanes) is 6. The lowest BCUT2D eigenvalue weighted by atomic mass is 10.1.